The molecule has 0 heterocycles. The molecule has 0 fully saturated rings. The van der Waals surface area contributed by atoms with Gasteiger partial charge in [-0.1, -0.05) is 173 Å². The van der Waals surface area contributed by atoms with Crippen molar-refractivity contribution in [3.05, 3.63) is 192 Å². The Kier molecular flexibility index (Phi) is 6.46. The highest BCUT2D eigenvalue weighted by Crippen LogP contribution is 2.55. The van der Waals surface area contributed by atoms with Crippen LogP contribution in [0.25, 0.3) is 88.0 Å². The van der Waals surface area contributed by atoms with Gasteiger partial charge in [-0.25, -0.2) is 0 Å². The minimum absolute atomic E-state index is 0.126. The van der Waals surface area contributed by atoms with Gasteiger partial charge in [-0.15, -0.1) is 0 Å². The second-order valence-corrected chi connectivity index (χ2v) is 16.4. The van der Waals surface area contributed by atoms with Crippen molar-refractivity contribution in [3.8, 4) is 55.6 Å². The summed E-state index contributed by atoms with van der Waals surface area (Å²) in [6.07, 6.45) is 0. The third kappa shape index (κ3) is 4.26. The van der Waals surface area contributed by atoms with Crippen molar-refractivity contribution >= 4 is 32.3 Å². The molecule has 0 N–H and O–H groups in total. The highest BCUT2D eigenvalue weighted by molar-refractivity contribution is 6.25. The van der Waals surface area contributed by atoms with Gasteiger partial charge < -0.3 is 0 Å². The third-order valence-electron chi connectivity index (χ3n) is 12.8. The summed E-state index contributed by atoms with van der Waals surface area (Å²) < 4.78 is 0. The van der Waals surface area contributed by atoms with E-state index in [1.165, 1.54) is 110 Å². The van der Waals surface area contributed by atoms with Crippen LogP contribution in [0.1, 0.15) is 49.9 Å². The molecule has 11 rings (SSSR count). The van der Waals surface area contributed by atoms with Crippen LogP contribution in [-0.4, -0.2) is 0 Å². The van der Waals surface area contributed by atoms with Gasteiger partial charge >= 0.3 is 0 Å². The van der Waals surface area contributed by atoms with Crippen molar-refractivity contribution in [3.63, 3.8) is 0 Å². The molecule has 9 aromatic carbocycles. The van der Waals surface area contributed by atoms with Gasteiger partial charge in [0, 0.05) is 10.8 Å². The van der Waals surface area contributed by atoms with E-state index in [9.17, 15) is 0 Å². The Morgan fingerprint density at radius 3 is 1.13 bits per heavy atom. The summed E-state index contributed by atoms with van der Waals surface area (Å²) in [4.78, 5) is 0. The first kappa shape index (κ1) is 31.3. The van der Waals surface area contributed by atoms with Crippen LogP contribution >= 0.6 is 0 Å². The molecule has 0 saturated carbocycles. The van der Waals surface area contributed by atoms with E-state index in [2.05, 4.69) is 198 Å². The van der Waals surface area contributed by atoms with Gasteiger partial charge in [-0.3, -0.25) is 0 Å². The fourth-order valence-electron chi connectivity index (χ4n) is 10.4. The lowest BCUT2D eigenvalue weighted by molar-refractivity contribution is 0.662. The van der Waals surface area contributed by atoms with Crippen LogP contribution in [0.2, 0.25) is 0 Å². The topological polar surface area (TPSA) is 0 Å². The predicted octanol–water partition coefficient (Wildman–Crippen LogP) is 14.8. The van der Waals surface area contributed by atoms with Gasteiger partial charge in [-0.05, 0) is 134 Å². The molecule has 2 aliphatic carbocycles. The van der Waals surface area contributed by atoms with Gasteiger partial charge in [0.25, 0.3) is 0 Å². The summed E-state index contributed by atoms with van der Waals surface area (Å²) in [5.41, 5.74) is 18.4. The summed E-state index contributed by atoms with van der Waals surface area (Å²) in [5, 5.41) is 7.80. The Morgan fingerprint density at radius 2 is 0.630 bits per heavy atom. The number of benzene rings is 9. The Bertz CT molecular complexity index is 2880. The second kappa shape index (κ2) is 11.1. The van der Waals surface area contributed by atoms with Gasteiger partial charge in [-0.2, -0.15) is 0 Å². The Hall–Kier alpha value is -6.24. The first-order chi connectivity index (χ1) is 26.3. The molecular weight excluding hydrogens is 649 g/mol. The fraction of sp³-hybridized carbons (Fsp3) is 0.111. The largest absolute Gasteiger partial charge is 0.0619 e. The Labute approximate surface area is 317 Å². The van der Waals surface area contributed by atoms with E-state index in [1.807, 2.05) is 0 Å². The van der Waals surface area contributed by atoms with Crippen molar-refractivity contribution in [2.45, 2.75) is 38.5 Å². The fourth-order valence-corrected chi connectivity index (χ4v) is 10.4. The first-order valence-electron chi connectivity index (χ1n) is 19.3. The average Bonchev–Trinajstić information content (AvgIpc) is 3.60. The minimum Gasteiger partial charge on any atom is -0.0619 e. The highest BCUT2D eigenvalue weighted by Gasteiger charge is 2.39. The smallest absolute Gasteiger partial charge is 0.0165 e. The quantitative estimate of drug-likeness (QED) is 0.162. The van der Waals surface area contributed by atoms with Gasteiger partial charge in [0.1, 0.15) is 0 Å². The van der Waals surface area contributed by atoms with Crippen LogP contribution in [-0.2, 0) is 10.8 Å². The van der Waals surface area contributed by atoms with Crippen LogP contribution < -0.4 is 0 Å². The van der Waals surface area contributed by atoms with Crippen molar-refractivity contribution in [2.24, 2.45) is 0 Å². The van der Waals surface area contributed by atoms with Crippen LogP contribution in [0, 0.1) is 0 Å². The van der Waals surface area contributed by atoms with Crippen LogP contribution in [0.5, 0.6) is 0 Å². The Morgan fingerprint density at radius 1 is 0.259 bits per heavy atom. The molecule has 0 atom stereocenters. The molecule has 54 heavy (non-hydrogen) atoms. The number of hydrogen-bond acceptors (Lipinski definition) is 0. The summed E-state index contributed by atoms with van der Waals surface area (Å²) in [6, 6.07) is 64.1. The molecule has 0 spiro atoms. The Balaban J connectivity index is 1.20. The number of hydrogen-bond donors (Lipinski definition) is 0. The van der Waals surface area contributed by atoms with Crippen molar-refractivity contribution in [1.82, 2.24) is 0 Å². The van der Waals surface area contributed by atoms with Crippen molar-refractivity contribution in [2.75, 3.05) is 0 Å². The summed E-state index contributed by atoms with van der Waals surface area (Å²) in [7, 11) is 0. The molecule has 9 aromatic rings. The molecule has 0 bridgehead atoms. The van der Waals surface area contributed by atoms with E-state index in [0.29, 0.717) is 0 Å². The zero-order valence-corrected chi connectivity index (χ0v) is 31.2. The number of rotatable bonds is 3. The lowest BCUT2D eigenvalue weighted by atomic mass is 9.77. The van der Waals surface area contributed by atoms with E-state index >= 15 is 0 Å². The molecule has 0 unspecified atom stereocenters. The van der Waals surface area contributed by atoms with E-state index in [4.69, 9.17) is 0 Å². The molecule has 256 valence electrons. The lowest BCUT2D eigenvalue weighted by Crippen LogP contribution is -2.16. The molecule has 0 saturated heterocycles. The summed E-state index contributed by atoms with van der Waals surface area (Å²) >= 11 is 0. The molecule has 0 amide bonds. The predicted molar refractivity (Wildman–Crippen MR) is 230 cm³/mol. The minimum atomic E-state index is -0.126. The molecule has 0 nitrogen and oxygen atoms in total. The normalized spacial score (nSPS) is 14.6. The maximum Gasteiger partial charge on any atom is 0.0165 e. The molecule has 0 aromatic heterocycles. The van der Waals surface area contributed by atoms with E-state index in [1.54, 1.807) is 0 Å². The lowest BCUT2D eigenvalue weighted by Gasteiger charge is -2.26. The van der Waals surface area contributed by atoms with Gasteiger partial charge in [0.05, 0.1) is 0 Å². The molecule has 2 aliphatic rings. The monoisotopic (exact) mass is 688 g/mol. The standard InChI is InChI=1S/C54H40/c1-53(2)49-25-11-9-19-44(49)46-23-13-21-37(51(46)53)35-29-34(30-36(31-35)38-22-14-24-47-45-20-10-12-26-50(45)54(3,4)52(38)47)33-27-28-43-41-17-6-5-15-39(41)40-16-7-8-18-42(40)48(43)32-33/h5-32H,1-4H3. The van der Waals surface area contributed by atoms with Gasteiger partial charge in [0.2, 0.25) is 0 Å². The maximum atomic E-state index is 2.47. The van der Waals surface area contributed by atoms with Crippen LogP contribution in [0.3, 0.4) is 0 Å². The zero-order chi connectivity index (χ0) is 36.3. The maximum absolute atomic E-state index is 2.47. The van der Waals surface area contributed by atoms with E-state index in [-0.39, 0.29) is 10.8 Å². The summed E-state index contributed by atoms with van der Waals surface area (Å²) in [5.74, 6) is 0. The van der Waals surface area contributed by atoms with Crippen LogP contribution in [0.15, 0.2) is 170 Å². The molecular formula is C54H40. The molecule has 0 aliphatic heterocycles. The highest BCUT2D eigenvalue weighted by atomic mass is 14.4. The average molecular weight is 689 g/mol. The van der Waals surface area contributed by atoms with Crippen LogP contribution in [0.4, 0.5) is 0 Å². The summed E-state index contributed by atoms with van der Waals surface area (Å²) in [6.45, 7) is 9.59. The third-order valence-corrected chi connectivity index (χ3v) is 12.8. The van der Waals surface area contributed by atoms with Crippen molar-refractivity contribution < 1.29 is 0 Å². The van der Waals surface area contributed by atoms with Crippen molar-refractivity contribution in [1.29, 1.82) is 0 Å². The van der Waals surface area contributed by atoms with Gasteiger partial charge in [0.15, 0.2) is 0 Å². The first-order valence-corrected chi connectivity index (χ1v) is 19.3. The zero-order valence-electron chi connectivity index (χ0n) is 31.2. The molecule has 0 radical (unpaired) electrons. The number of fused-ring (bicyclic) bond motifs is 12. The van der Waals surface area contributed by atoms with E-state index < -0.39 is 0 Å². The van der Waals surface area contributed by atoms with E-state index in [0.717, 1.165) is 0 Å². The SMILES string of the molecule is CC1(C)c2ccccc2-c2cccc(-c3cc(-c4ccc5c6ccccc6c6ccccc6c5c4)cc(-c4cccc5c4C(C)(C)c4ccccc4-5)c3)c21. The molecule has 0 heteroatoms. The second-order valence-electron chi connectivity index (χ2n) is 16.4.